The molecular weight excluding hydrogens is 580 g/mol. The number of rotatable bonds is 4. The van der Waals surface area contributed by atoms with Crippen LogP contribution in [0.5, 0.6) is 5.75 Å². The average molecular weight is 625 g/mol. The summed E-state index contributed by atoms with van der Waals surface area (Å²) in [5.41, 5.74) is 0.0643. The number of carbonyl (C=O) groups is 3. The van der Waals surface area contributed by atoms with Gasteiger partial charge in [-0.1, -0.05) is 73.3 Å². The number of nitrogens with one attached hydrogen (secondary N) is 3. The molecule has 2 aliphatic rings. The number of fused-ring (bicyclic) bond motifs is 1. The highest BCUT2D eigenvalue weighted by atomic mass is 35.5. The summed E-state index contributed by atoms with van der Waals surface area (Å²) in [6.07, 6.45) is 8.90. The van der Waals surface area contributed by atoms with Gasteiger partial charge in [0.15, 0.2) is 0 Å². The van der Waals surface area contributed by atoms with Crippen molar-refractivity contribution < 1.29 is 24.2 Å². The Morgan fingerprint density at radius 1 is 1.00 bits per heavy atom. The van der Waals surface area contributed by atoms with Crippen LogP contribution >= 0.6 is 11.6 Å². The lowest BCUT2D eigenvalue weighted by atomic mass is 9.82. The summed E-state index contributed by atoms with van der Waals surface area (Å²) >= 11 is 6.07. The fourth-order valence-corrected chi connectivity index (χ4v) is 6.28. The molecule has 0 spiro atoms. The first kappa shape index (κ1) is 33.5. The van der Waals surface area contributed by atoms with E-state index in [9.17, 15) is 19.5 Å². The highest BCUT2D eigenvalue weighted by molar-refractivity contribution is 6.30. The van der Waals surface area contributed by atoms with Crippen molar-refractivity contribution >= 4 is 35.4 Å². The molecule has 1 saturated carbocycles. The van der Waals surface area contributed by atoms with Gasteiger partial charge < -0.3 is 30.7 Å². The van der Waals surface area contributed by atoms with Crippen molar-refractivity contribution in [3.05, 3.63) is 70.8 Å². The lowest BCUT2D eigenvalue weighted by Gasteiger charge is -2.40. The van der Waals surface area contributed by atoms with Gasteiger partial charge in [0, 0.05) is 37.1 Å². The Labute approximate surface area is 265 Å². The molecule has 4 rings (SSSR count). The van der Waals surface area contributed by atoms with Crippen molar-refractivity contribution in [2.24, 2.45) is 5.92 Å². The van der Waals surface area contributed by atoms with Crippen LogP contribution in [-0.2, 0) is 20.8 Å². The Balaban J connectivity index is 1.68. The normalized spacial score (nSPS) is 23.5. The van der Waals surface area contributed by atoms with Crippen LogP contribution in [0.25, 0.3) is 6.08 Å². The van der Waals surface area contributed by atoms with Crippen LogP contribution in [0.2, 0.25) is 5.02 Å². The highest BCUT2D eigenvalue weighted by Crippen LogP contribution is 2.29. The van der Waals surface area contributed by atoms with Crippen LogP contribution in [0.15, 0.2) is 54.6 Å². The minimum Gasteiger partial charge on any atom is -0.492 e. The maximum atomic E-state index is 14.1. The van der Waals surface area contributed by atoms with Crippen LogP contribution in [0, 0.1) is 5.92 Å². The number of likely N-dealkylation sites (N-methyl/N-ethyl adjacent to an activating group) is 1. The van der Waals surface area contributed by atoms with Gasteiger partial charge in [0.2, 0.25) is 17.7 Å². The molecule has 10 heteroatoms. The Morgan fingerprint density at radius 3 is 2.41 bits per heavy atom. The lowest BCUT2D eigenvalue weighted by molar-refractivity contribution is -0.151. The van der Waals surface area contributed by atoms with Gasteiger partial charge in [0.05, 0.1) is 11.6 Å². The highest BCUT2D eigenvalue weighted by Gasteiger charge is 2.43. The molecule has 0 saturated heterocycles. The van der Waals surface area contributed by atoms with Crippen molar-refractivity contribution in [1.29, 1.82) is 0 Å². The second-order valence-corrected chi connectivity index (χ2v) is 12.7. The Kier molecular flexibility index (Phi) is 11.8. The zero-order chi connectivity index (χ0) is 31.7. The van der Waals surface area contributed by atoms with Crippen LogP contribution in [-0.4, -0.2) is 78.2 Å². The van der Waals surface area contributed by atoms with E-state index in [0.29, 0.717) is 23.9 Å². The number of hydrogen-bond donors (Lipinski definition) is 4. The molecule has 4 N–H and O–H groups in total. The van der Waals surface area contributed by atoms with E-state index in [4.69, 9.17) is 16.3 Å². The van der Waals surface area contributed by atoms with E-state index in [1.54, 1.807) is 31.3 Å². The topological polar surface area (TPSA) is 120 Å². The van der Waals surface area contributed by atoms with Crippen LogP contribution in [0.1, 0.15) is 57.1 Å². The average Bonchev–Trinajstić information content (AvgIpc) is 2.99. The standard InChI is InChI=1S/C34H45ClN4O5/c1-34(2,43)30-32(41)38-27(22-23-15-17-26(35)18-16-23)31(40)37-19-9-13-24-10-7-8-14-28(24)44-21-20-36-29(33(42)39(30)3)25-11-5-4-6-12-25/h7-10,13-18,25,27,29-30,36,43H,4-6,11-12,19-22H2,1-3H3,(H,37,40)(H,38,41)/t27-,29+,30-/m1/s1. The molecule has 9 nitrogen and oxygen atoms in total. The van der Waals surface area contributed by atoms with E-state index in [2.05, 4.69) is 16.0 Å². The number of benzene rings is 2. The van der Waals surface area contributed by atoms with Gasteiger partial charge in [-0.3, -0.25) is 14.4 Å². The quantitative estimate of drug-likeness (QED) is 0.412. The molecule has 1 fully saturated rings. The first-order valence-electron chi connectivity index (χ1n) is 15.5. The number of amides is 3. The van der Waals surface area contributed by atoms with E-state index in [0.717, 1.165) is 43.2 Å². The second kappa shape index (κ2) is 15.5. The molecule has 1 heterocycles. The van der Waals surface area contributed by atoms with E-state index in [1.165, 1.54) is 18.7 Å². The fourth-order valence-electron chi connectivity index (χ4n) is 6.15. The predicted molar refractivity (Wildman–Crippen MR) is 172 cm³/mol. The van der Waals surface area contributed by atoms with Crippen molar-refractivity contribution in [2.75, 3.05) is 26.7 Å². The SMILES string of the molecule is CN1C(=O)[C@H](C2CCCCC2)NCCOc2ccccc2C=CCNC(=O)[C@@H](Cc2ccc(Cl)cc2)NC(=O)[C@@H]1C(C)(C)O. The largest absolute Gasteiger partial charge is 0.492 e. The Morgan fingerprint density at radius 2 is 1.70 bits per heavy atom. The van der Waals surface area contributed by atoms with Gasteiger partial charge in [0.1, 0.15) is 24.4 Å². The van der Waals surface area contributed by atoms with Gasteiger partial charge in [-0.05, 0) is 56.4 Å². The predicted octanol–water partition coefficient (Wildman–Crippen LogP) is 3.73. The first-order chi connectivity index (χ1) is 21.0. The first-order valence-corrected chi connectivity index (χ1v) is 15.9. The maximum Gasteiger partial charge on any atom is 0.246 e. The van der Waals surface area contributed by atoms with E-state index < -0.39 is 35.5 Å². The minimum absolute atomic E-state index is 0.0912. The van der Waals surface area contributed by atoms with Gasteiger partial charge >= 0.3 is 0 Å². The molecule has 44 heavy (non-hydrogen) atoms. The molecule has 1 aliphatic carbocycles. The van der Waals surface area contributed by atoms with E-state index in [1.807, 2.05) is 36.4 Å². The third-order valence-corrected chi connectivity index (χ3v) is 8.61. The summed E-state index contributed by atoms with van der Waals surface area (Å²) in [4.78, 5) is 42.8. The van der Waals surface area contributed by atoms with Gasteiger partial charge in [-0.25, -0.2) is 0 Å². The lowest BCUT2D eigenvalue weighted by Crippen LogP contribution is -2.64. The summed E-state index contributed by atoms with van der Waals surface area (Å²) in [5, 5.41) is 20.9. The summed E-state index contributed by atoms with van der Waals surface area (Å²) < 4.78 is 6.10. The van der Waals surface area contributed by atoms with Gasteiger partial charge in [0.25, 0.3) is 0 Å². The maximum absolute atomic E-state index is 14.1. The number of carbonyl (C=O) groups excluding carboxylic acids is 3. The number of halogens is 1. The number of para-hydroxylation sites is 1. The molecule has 3 atom stereocenters. The molecule has 0 bridgehead atoms. The molecular formula is C34H45ClN4O5. The Hall–Kier alpha value is -3.40. The second-order valence-electron chi connectivity index (χ2n) is 12.3. The van der Waals surface area contributed by atoms with Crippen molar-refractivity contribution in [1.82, 2.24) is 20.9 Å². The molecule has 2 aromatic carbocycles. The molecule has 1 aliphatic heterocycles. The van der Waals surface area contributed by atoms with Crippen molar-refractivity contribution in [2.45, 2.75) is 76.1 Å². The minimum atomic E-state index is -1.59. The smallest absolute Gasteiger partial charge is 0.246 e. The monoisotopic (exact) mass is 624 g/mol. The molecule has 238 valence electrons. The summed E-state index contributed by atoms with van der Waals surface area (Å²) in [6.45, 7) is 3.99. The third kappa shape index (κ3) is 9.06. The molecule has 0 aromatic heterocycles. The molecule has 2 aromatic rings. The van der Waals surface area contributed by atoms with Crippen LogP contribution < -0.4 is 20.7 Å². The van der Waals surface area contributed by atoms with E-state index in [-0.39, 0.29) is 24.8 Å². The van der Waals surface area contributed by atoms with Gasteiger partial charge in [-0.2, -0.15) is 0 Å². The molecule has 3 amide bonds. The number of hydrogen-bond acceptors (Lipinski definition) is 6. The van der Waals surface area contributed by atoms with Crippen LogP contribution in [0.4, 0.5) is 0 Å². The number of aliphatic hydroxyl groups is 1. The third-order valence-electron chi connectivity index (χ3n) is 8.36. The Bertz CT molecular complexity index is 1300. The molecule has 0 radical (unpaired) electrons. The van der Waals surface area contributed by atoms with Crippen LogP contribution in [0.3, 0.4) is 0 Å². The zero-order valence-electron chi connectivity index (χ0n) is 25.9. The number of ether oxygens (including phenoxy) is 1. The van der Waals surface area contributed by atoms with E-state index >= 15 is 0 Å². The fraction of sp³-hybridized carbons (Fsp3) is 0.500. The summed E-state index contributed by atoms with van der Waals surface area (Å²) in [6, 6.07) is 11.9. The zero-order valence-corrected chi connectivity index (χ0v) is 26.6. The summed E-state index contributed by atoms with van der Waals surface area (Å²) in [5.74, 6) is -0.492. The summed E-state index contributed by atoms with van der Waals surface area (Å²) in [7, 11) is 1.55. The number of nitrogens with zero attached hydrogens (tertiary/aromatic N) is 1. The van der Waals surface area contributed by atoms with Gasteiger partial charge in [-0.15, -0.1) is 0 Å². The van der Waals surface area contributed by atoms with Crippen molar-refractivity contribution in [3.8, 4) is 5.75 Å². The molecule has 0 unspecified atom stereocenters. The van der Waals surface area contributed by atoms with Crippen molar-refractivity contribution in [3.63, 3.8) is 0 Å².